The molecule has 0 saturated heterocycles. The van der Waals surface area contributed by atoms with Gasteiger partial charge in [-0.05, 0) is 38.5 Å². The van der Waals surface area contributed by atoms with Gasteiger partial charge in [-0.25, -0.2) is 8.42 Å². The molecular formula is C17H19N3O3S2. The van der Waals surface area contributed by atoms with Gasteiger partial charge in [-0.2, -0.15) is 4.98 Å². The molecule has 2 heterocycles. The summed E-state index contributed by atoms with van der Waals surface area (Å²) < 4.78 is 33.4. The summed E-state index contributed by atoms with van der Waals surface area (Å²) >= 11 is 1.33. The van der Waals surface area contributed by atoms with Gasteiger partial charge < -0.3 is 4.52 Å². The third-order valence-corrected chi connectivity index (χ3v) is 6.45. The van der Waals surface area contributed by atoms with Gasteiger partial charge in [0.1, 0.15) is 4.90 Å². The summed E-state index contributed by atoms with van der Waals surface area (Å²) in [5.74, 6) is 0.941. The second kappa shape index (κ2) is 6.61. The largest absolute Gasteiger partial charge is 0.339 e. The average Bonchev–Trinajstić information content (AvgIpc) is 3.16. The first kappa shape index (κ1) is 17.6. The third kappa shape index (κ3) is 3.59. The monoisotopic (exact) mass is 377 g/mol. The normalized spacial score (nSPS) is 11.7. The maximum Gasteiger partial charge on any atom is 0.263 e. The molecule has 2 aromatic heterocycles. The molecule has 132 valence electrons. The van der Waals surface area contributed by atoms with Crippen molar-refractivity contribution in [2.45, 2.75) is 39.0 Å². The zero-order chi connectivity index (χ0) is 18.2. The molecule has 0 bridgehead atoms. The van der Waals surface area contributed by atoms with Gasteiger partial charge in [0.25, 0.3) is 10.0 Å². The molecule has 25 heavy (non-hydrogen) atoms. The highest BCUT2D eigenvalue weighted by molar-refractivity contribution is 7.93. The molecule has 1 aromatic carbocycles. The van der Waals surface area contributed by atoms with E-state index in [1.54, 1.807) is 19.1 Å². The first-order valence-electron chi connectivity index (χ1n) is 7.83. The molecule has 0 unspecified atom stereocenters. The van der Waals surface area contributed by atoms with E-state index in [2.05, 4.69) is 14.9 Å². The molecule has 0 spiro atoms. The highest BCUT2D eigenvalue weighted by Crippen LogP contribution is 2.33. The standard InChI is InChI=1S/C17H19N3O3S2/c1-5-16-18-17(19-23-16)14-9-15(12(4)24-14)25(21,22)20-13-7-6-10(2)8-11(13)3/h6-9,20H,5H2,1-4H3. The molecular weight excluding hydrogens is 358 g/mol. The SMILES string of the molecule is CCc1nc(-c2cc(S(=O)(=O)Nc3ccc(C)cc3C)c(C)s2)no1. The second-order valence-corrected chi connectivity index (χ2v) is 8.73. The molecule has 0 atom stereocenters. The maximum atomic E-state index is 12.8. The molecule has 0 fully saturated rings. The highest BCUT2D eigenvalue weighted by atomic mass is 32.2. The van der Waals surface area contributed by atoms with Crippen LogP contribution in [-0.4, -0.2) is 18.6 Å². The maximum absolute atomic E-state index is 12.8. The Morgan fingerprint density at radius 1 is 1.20 bits per heavy atom. The Morgan fingerprint density at radius 2 is 1.96 bits per heavy atom. The molecule has 0 radical (unpaired) electrons. The number of anilines is 1. The number of aryl methyl sites for hydroxylation is 4. The first-order chi connectivity index (χ1) is 11.8. The van der Waals surface area contributed by atoms with Crippen molar-refractivity contribution in [1.82, 2.24) is 10.1 Å². The van der Waals surface area contributed by atoms with Crippen molar-refractivity contribution in [3.8, 4) is 10.7 Å². The lowest BCUT2D eigenvalue weighted by molar-refractivity contribution is 0.383. The minimum atomic E-state index is -3.69. The Kier molecular flexibility index (Phi) is 4.66. The van der Waals surface area contributed by atoms with Gasteiger partial charge in [0.2, 0.25) is 11.7 Å². The van der Waals surface area contributed by atoms with E-state index in [4.69, 9.17) is 4.52 Å². The van der Waals surface area contributed by atoms with Crippen LogP contribution < -0.4 is 4.72 Å². The van der Waals surface area contributed by atoms with E-state index in [1.165, 1.54) is 11.3 Å². The lowest BCUT2D eigenvalue weighted by Crippen LogP contribution is -2.14. The van der Waals surface area contributed by atoms with Crippen molar-refractivity contribution in [3.63, 3.8) is 0 Å². The number of nitrogens with one attached hydrogen (secondary N) is 1. The van der Waals surface area contributed by atoms with Gasteiger partial charge in [-0.15, -0.1) is 11.3 Å². The minimum absolute atomic E-state index is 0.232. The molecule has 6 nitrogen and oxygen atoms in total. The van der Waals surface area contributed by atoms with Crippen molar-refractivity contribution in [2.24, 2.45) is 0 Å². The van der Waals surface area contributed by atoms with E-state index in [0.29, 0.717) is 33.6 Å². The Morgan fingerprint density at radius 3 is 2.60 bits per heavy atom. The van der Waals surface area contributed by atoms with Crippen LogP contribution in [-0.2, 0) is 16.4 Å². The Labute approximate surface area is 151 Å². The van der Waals surface area contributed by atoms with E-state index in [0.717, 1.165) is 11.1 Å². The molecule has 3 rings (SSSR count). The highest BCUT2D eigenvalue weighted by Gasteiger charge is 2.23. The van der Waals surface area contributed by atoms with Crippen LogP contribution in [0.25, 0.3) is 10.7 Å². The molecule has 0 saturated carbocycles. The van der Waals surface area contributed by atoms with Crippen molar-refractivity contribution >= 4 is 27.0 Å². The summed E-state index contributed by atoms with van der Waals surface area (Å²) in [6.07, 6.45) is 0.636. The van der Waals surface area contributed by atoms with Crippen LogP contribution in [0.2, 0.25) is 0 Å². The molecule has 0 aliphatic carbocycles. The number of nitrogens with zero attached hydrogens (tertiary/aromatic N) is 2. The van der Waals surface area contributed by atoms with Crippen LogP contribution in [0.1, 0.15) is 28.8 Å². The summed E-state index contributed by atoms with van der Waals surface area (Å²) in [5, 5.41) is 3.91. The fraction of sp³-hybridized carbons (Fsp3) is 0.294. The minimum Gasteiger partial charge on any atom is -0.339 e. The topological polar surface area (TPSA) is 85.1 Å². The van der Waals surface area contributed by atoms with Gasteiger partial charge in [0.15, 0.2) is 0 Å². The zero-order valence-electron chi connectivity index (χ0n) is 14.5. The number of aromatic nitrogens is 2. The molecule has 3 aromatic rings. The van der Waals surface area contributed by atoms with Gasteiger partial charge in [0.05, 0.1) is 10.6 Å². The van der Waals surface area contributed by atoms with Crippen LogP contribution >= 0.6 is 11.3 Å². The van der Waals surface area contributed by atoms with E-state index >= 15 is 0 Å². The zero-order valence-corrected chi connectivity index (χ0v) is 16.1. The predicted octanol–water partition coefficient (Wildman–Crippen LogP) is 4.09. The quantitative estimate of drug-likeness (QED) is 0.724. The van der Waals surface area contributed by atoms with Gasteiger partial charge in [-0.3, -0.25) is 4.72 Å². The first-order valence-corrected chi connectivity index (χ1v) is 10.1. The number of hydrogen-bond donors (Lipinski definition) is 1. The van der Waals surface area contributed by atoms with Gasteiger partial charge in [0, 0.05) is 11.3 Å². The van der Waals surface area contributed by atoms with E-state index in [-0.39, 0.29) is 4.90 Å². The van der Waals surface area contributed by atoms with Crippen LogP contribution in [0.5, 0.6) is 0 Å². The summed E-state index contributed by atoms with van der Waals surface area (Å²) in [7, 11) is -3.69. The van der Waals surface area contributed by atoms with Gasteiger partial charge in [-0.1, -0.05) is 29.8 Å². The van der Waals surface area contributed by atoms with Crippen molar-refractivity contribution in [3.05, 3.63) is 46.2 Å². The summed E-state index contributed by atoms with van der Waals surface area (Å²) in [6.45, 7) is 7.53. The second-order valence-electron chi connectivity index (χ2n) is 5.82. The smallest absolute Gasteiger partial charge is 0.263 e. The molecule has 8 heteroatoms. The summed E-state index contributed by atoms with van der Waals surface area (Å²) in [6, 6.07) is 7.19. The van der Waals surface area contributed by atoms with Crippen molar-refractivity contribution in [2.75, 3.05) is 4.72 Å². The molecule has 0 aliphatic rings. The third-order valence-electron chi connectivity index (χ3n) is 3.78. The number of rotatable bonds is 5. The number of hydrogen-bond acceptors (Lipinski definition) is 6. The Balaban J connectivity index is 1.94. The van der Waals surface area contributed by atoms with E-state index in [1.807, 2.05) is 32.9 Å². The predicted molar refractivity (Wildman–Crippen MR) is 98.5 cm³/mol. The average molecular weight is 377 g/mol. The fourth-order valence-electron chi connectivity index (χ4n) is 2.47. The Bertz CT molecular complexity index is 1020. The van der Waals surface area contributed by atoms with E-state index in [9.17, 15) is 8.42 Å². The van der Waals surface area contributed by atoms with Crippen LogP contribution in [0, 0.1) is 20.8 Å². The summed E-state index contributed by atoms with van der Waals surface area (Å²) in [4.78, 5) is 5.84. The molecule has 1 N–H and O–H groups in total. The van der Waals surface area contributed by atoms with Crippen LogP contribution in [0.3, 0.4) is 0 Å². The fourth-order valence-corrected chi connectivity index (χ4v) is 5.12. The number of thiophene rings is 1. The lowest BCUT2D eigenvalue weighted by atomic mass is 10.1. The molecule has 0 amide bonds. The van der Waals surface area contributed by atoms with Crippen molar-refractivity contribution < 1.29 is 12.9 Å². The number of sulfonamides is 1. The molecule has 0 aliphatic heterocycles. The van der Waals surface area contributed by atoms with Crippen LogP contribution in [0.4, 0.5) is 5.69 Å². The van der Waals surface area contributed by atoms with Crippen LogP contribution in [0.15, 0.2) is 33.7 Å². The van der Waals surface area contributed by atoms with Gasteiger partial charge >= 0.3 is 0 Å². The van der Waals surface area contributed by atoms with E-state index < -0.39 is 10.0 Å². The summed E-state index contributed by atoms with van der Waals surface area (Å²) in [5.41, 5.74) is 2.53. The lowest BCUT2D eigenvalue weighted by Gasteiger charge is -2.10. The Hall–Kier alpha value is -2.19. The van der Waals surface area contributed by atoms with Crippen molar-refractivity contribution in [1.29, 1.82) is 0 Å². The number of benzene rings is 1.